The lowest BCUT2D eigenvalue weighted by molar-refractivity contribution is 0.559. The maximum absolute atomic E-state index is 12.8. The molecule has 29 heavy (non-hydrogen) atoms. The summed E-state index contributed by atoms with van der Waals surface area (Å²) in [5, 5.41) is 5.12. The first-order valence-corrected chi connectivity index (χ1v) is 9.77. The summed E-state index contributed by atoms with van der Waals surface area (Å²) in [5.41, 5.74) is 4.17. The molecule has 1 N–H and O–H groups in total. The van der Waals surface area contributed by atoms with Crippen LogP contribution in [0.1, 0.15) is 23.6 Å². The third-order valence-electron chi connectivity index (χ3n) is 5.11. The van der Waals surface area contributed by atoms with E-state index in [4.69, 9.17) is 21.0 Å². The van der Waals surface area contributed by atoms with Crippen molar-refractivity contribution in [2.75, 3.05) is 5.32 Å². The highest BCUT2D eigenvalue weighted by Gasteiger charge is 2.23. The molecule has 5 heteroatoms. The molecule has 0 amide bonds. The van der Waals surface area contributed by atoms with Crippen LogP contribution >= 0.6 is 11.6 Å². The first-order valence-electron chi connectivity index (χ1n) is 9.39. The normalized spacial score (nSPS) is 15.9. The van der Waals surface area contributed by atoms with Gasteiger partial charge in [0.05, 0.1) is 28.7 Å². The Balaban J connectivity index is 1.66. The molecule has 0 unspecified atom stereocenters. The van der Waals surface area contributed by atoms with E-state index in [1.54, 1.807) is 6.07 Å². The number of nitrogens with zero attached hydrogens (tertiary/aromatic N) is 1. The summed E-state index contributed by atoms with van der Waals surface area (Å²) in [6, 6.07) is 24.9. The second-order valence-corrected chi connectivity index (χ2v) is 7.45. The van der Waals surface area contributed by atoms with Crippen molar-refractivity contribution in [2.45, 2.75) is 12.5 Å². The number of rotatable bonds is 2. The molecule has 0 aliphatic carbocycles. The molecule has 2 heterocycles. The Bertz CT molecular complexity index is 1290. The molecule has 1 aliphatic heterocycles. The quantitative estimate of drug-likeness (QED) is 0.412. The third-order valence-corrected chi connectivity index (χ3v) is 5.36. The van der Waals surface area contributed by atoms with Crippen molar-refractivity contribution in [3.05, 3.63) is 105 Å². The third kappa shape index (κ3) is 3.43. The van der Waals surface area contributed by atoms with E-state index >= 15 is 0 Å². The first kappa shape index (κ1) is 17.7. The van der Waals surface area contributed by atoms with Gasteiger partial charge < -0.3 is 9.73 Å². The zero-order valence-corrected chi connectivity index (χ0v) is 16.2. The minimum atomic E-state index is -0.378. The van der Waals surface area contributed by atoms with E-state index < -0.39 is 0 Å². The smallest absolute Gasteiger partial charge is 0.345 e. The standard InChI is InChI=1S/C24H17ClN2O2/c25-17-11-9-15(10-12-17)21-14-22(27-20-7-3-2-6-19(20)26-21)18-13-16-5-1-4-8-23(16)29-24(18)28/h1-13,21,26H,14H2/t21-/m1/s1. The van der Waals surface area contributed by atoms with Gasteiger partial charge in [-0.3, -0.25) is 4.99 Å². The molecule has 0 fully saturated rings. The molecule has 0 spiro atoms. The Morgan fingerprint density at radius 2 is 1.72 bits per heavy atom. The van der Waals surface area contributed by atoms with Crippen LogP contribution in [0.15, 0.2) is 93.1 Å². The van der Waals surface area contributed by atoms with Crippen LogP contribution in [0.3, 0.4) is 0 Å². The van der Waals surface area contributed by atoms with Gasteiger partial charge in [-0.1, -0.05) is 54.1 Å². The van der Waals surface area contributed by atoms with Crippen molar-refractivity contribution in [1.29, 1.82) is 0 Å². The monoisotopic (exact) mass is 400 g/mol. The van der Waals surface area contributed by atoms with Gasteiger partial charge >= 0.3 is 5.63 Å². The summed E-state index contributed by atoms with van der Waals surface area (Å²) in [6.07, 6.45) is 0.541. The van der Waals surface area contributed by atoms with E-state index in [0.717, 1.165) is 22.3 Å². The van der Waals surface area contributed by atoms with Gasteiger partial charge in [-0.2, -0.15) is 0 Å². The summed E-state index contributed by atoms with van der Waals surface area (Å²) < 4.78 is 5.56. The number of anilines is 1. The van der Waals surface area contributed by atoms with E-state index in [2.05, 4.69) is 5.32 Å². The van der Waals surface area contributed by atoms with Gasteiger partial charge in [0.1, 0.15) is 5.58 Å². The van der Waals surface area contributed by atoms with Crippen LogP contribution in [-0.4, -0.2) is 5.71 Å². The number of halogens is 1. The molecule has 4 aromatic rings. The van der Waals surface area contributed by atoms with Crippen LogP contribution in [0.25, 0.3) is 11.0 Å². The van der Waals surface area contributed by atoms with Crippen molar-refractivity contribution < 1.29 is 4.42 Å². The van der Waals surface area contributed by atoms with Crippen LogP contribution in [0, 0.1) is 0 Å². The van der Waals surface area contributed by atoms with Crippen LogP contribution in [-0.2, 0) is 0 Å². The number of benzene rings is 3. The van der Waals surface area contributed by atoms with Gasteiger partial charge in [0.2, 0.25) is 0 Å². The van der Waals surface area contributed by atoms with Gasteiger partial charge in [-0.15, -0.1) is 0 Å². The maximum Gasteiger partial charge on any atom is 0.345 e. The molecular weight excluding hydrogens is 384 g/mol. The minimum absolute atomic E-state index is 0.0551. The van der Waals surface area contributed by atoms with Gasteiger partial charge in [0, 0.05) is 16.8 Å². The molecule has 0 bridgehead atoms. The van der Waals surface area contributed by atoms with Crippen LogP contribution in [0.2, 0.25) is 5.02 Å². The molecule has 1 atom stereocenters. The Hall–Kier alpha value is -3.37. The summed E-state index contributed by atoms with van der Waals surface area (Å²) in [5.74, 6) is 0. The topological polar surface area (TPSA) is 54.6 Å². The summed E-state index contributed by atoms with van der Waals surface area (Å²) >= 11 is 6.07. The molecule has 142 valence electrons. The second kappa shape index (κ2) is 7.22. The van der Waals surface area contributed by atoms with Crippen molar-refractivity contribution >= 4 is 39.7 Å². The molecule has 4 nitrogen and oxygen atoms in total. The van der Waals surface area contributed by atoms with Crippen molar-refractivity contribution in [2.24, 2.45) is 4.99 Å². The fraction of sp³-hybridized carbons (Fsp3) is 0.0833. The van der Waals surface area contributed by atoms with Crippen LogP contribution in [0.5, 0.6) is 0 Å². The number of para-hydroxylation sites is 3. The molecule has 3 aromatic carbocycles. The highest BCUT2D eigenvalue weighted by Crippen LogP contribution is 2.35. The number of fused-ring (bicyclic) bond motifs is 2. The molecule has 0 saturated carbocycles. The fourth-order valence-corrected chi connectivity index (χ4v) is 3.77. The first-order chi connectivity index (χ1) is 14.2. The average molecular weight is 401 g/mol. The van der Waals surface area contributed by atoms with Gasteiger partial charge in [-0.05, 0) is 42.0 Å². The lowest BCUT2D eigenvalue weighted by Crippen LogP contribution is -2.19. The summed E-state index contributed by atoms with van der Waals surface area (Å²) in [6.45, 7) is 0. The number of hydrogen-bond donors (Lipinski definition) is 1. The molecular formula is C24H17ClN2O2. The second-order valence-electron chi connectivity index (χ2n) is 7.01. The van der Waals surface area contributed by atoms with Crippen molar-refractivity contribution in [3.63, 3.8) is 0 Å². The van der Waals surface area contributed by atoms with E-state index in [0.29, 0.717) is 28.3 Å². The average Bonchev–Trinajstić information content (AvgIpc) is 2.93. The SMILES string of the molecule is O=c1oc2ccccc2cc1C1=Nc2ccccc2N[C@@H](c2ccc(Cl)cc2)C1. The van der Waals surface area contributed by atoms with E-state index in [-0.39, 0.29) is 11.7 Å². The highest BCUT2D eigenvalue weighted by molar-refractivity contribution is 6.30. The van der Waals surface area contributed by atoms with Crippen LogP contribution in [0.4, 0.5) is 11.4 Å². The summed E-state index contributed by atoms with van der Waals surface area (Å²) in [7, 11) is 0. The molecule has 1 aliphatic rings. The van der Waals surface area contributed by atoms with Gasteiger partial charge in [-0.25, -0.2) is 4.79 Å². The van der Waals surface area contributed by atoms with E-state index in [1.165, 1.54) is 0 Å². The zero-order valence-electron chi connectivity index (χ0n) is 15.4. The zero-order chi connectivity index (χ0) is 19.8. The Morgan fingerprint density at radius 1 is 0.966 bits per heavy atom. The van der Waals surface area contributed by atoms with E-state index in [9.17, 15) is 4.79 Å². The summed E-state index contributed by atoms with van der Waals surface area (Å²) in [4.78, 5) is 17.6. The van der Waals surface area contributed by atoms with Crippen LogP contribution < -0.4 is 10.9 Å². The Morgan fingerprint density at radius 3 is 2.59 bits per heavy atom. The molecule has 5 rings (SSSR count). The molecule has 1 aromatic heterocycles. The number of hydrogen-bond acceptors (Lipinski definition) is 4. The number of aliphatic imine (C=N–C) groups is 1. The Labute approximate surface area is 172 Å². The van der Waals surface area contributed by atoms with Gasteiger partial charge in [0.15, 0.2) is 0 Å². The van der Waals surface area contributed by atoms with E-state index in [1.807, 2.05) is 72.8 Å². The lowest BCUT2D eigenvalue weighted by atomic mass is 9.97. The molecule has 0 saturated heterocycles. The number of nitrogens with one attached hydrogen (secondary N) is 1. The fourth-order valence-electron chi connectivity index (χ4n) is 3.65. The lowest BCUT2D eigenvalue weighted by Gasteiger charge is -2.19. The highest BCUT2D eigenvalue weighted by atomic mass is 35.5. The predicted molar refractivity (Wildman–Crippen MR) is 118 cm³/mol. The van der Waals surface area contributed by atoms with Crippen molar-refractivity contribution in [1.82, 2.24) is 0 Å². The Kier molecular flexibility index (Phi) is 4.41. The van der Waals surface area contributed by atoms with Gasteiger partial charge in [0.25, 0.3) is 0 Å². The molecule has 0 radical (unpaired) electrons. The minimum Gasteiger partial charge on any atom is -0.422 e. The predicted octanol–water partition coefficient (Wildman–Crippen LogP) is 6.12. The largest absolute Gasteiger partial charge is 0.422 e. The maximum atomic E-state index is 12.8. The van der Waals surface area contributed by atoms with Crippen molar-refractivity contribution in [3.8, 4) is 0 Å².